The first-order chi connectivity index (χ1) is 9.91. The van der Waals surface area contributed by atoms with E-state index in [1.165, 1.54) is 12.1 Å². The average Bonchev–Trinajstić information content (AvgIpc) is 2.36. The van der Waals surface area contributed by atoms with Crippen molar-refractivity contribution in [3.05, 3.63) is 33.4 Å². The number of alkyl halides is 6. The third-order valence-electron chi connectivity index (χ3n) is 1.93. The van der Waals surface area contributed by atoms with E-state index in [9.17, 15) is 35.9 Å². The fourth-order valence-corrected chi connectivity index (χ4v) is 3.73. The molecule has 0 aliphatic carbocycles. The van der Waals surface area contributed by atoms with Crippen LogP contribution >= 0.6 is 20.6 Å². The van der Waals surface area contributed by atoms with Gasteiger partial charge >= 0.3 is 127 Å². The molecule has 0 bridgehead atoms. The maximum absolute atomic E-state index is 12.1. The first-order valence-electron chi connectivity index (χ1n) is 5.27. The second-order valence-electron chi connectivity index (χ2n) is 3.74. The Kier molecular flexibility index (Phi) is 5.65. The van der Waals surface area contributed by atoms with Crippen molar-refractivity contribution >= 4 is 32.6 Å². The summed E-state index contributed by atoms with van der Waals surface area (Å²) in [4.78, 5) is 21.5. The van der Waals surface area contributed by atoms with Crippen LogP contribution in [0.1, 0.15) is 5.56 Å². The number of hydrogen-bond acceptors (Lipinski definition) is 4. The molecule has 0 aromatic heterocycles. The van der Waals surface area contributed by atoms with E-state index < -0.39 is 44.9 Å². The fraction of sp³-hybridized carbons (Fsp3) is 0.273. The molecule has 22 heavy (non-hydrogen) atoms. The Morgan fingerprint density at radius 3 is 1.55 bits per heavy atom. The summed E-state index contributed by atoms with van der Waals surface area (Å²) in [5, 5.41) is 0. The van der Waals surface area contributed by atoms with Crippen molar-refractivity contribution in [3.63, 3.8) is 0 Å². The number of benzene rings is 1. The molecule has 0 radical (unpaired) electrons. The molecule has 0 N–H and O–H groups in total. The Labute approximate surface area is 127 Å². The summed E-state index contributed by atoms with van der Waals surface area (Å²) in [6.07, 6.45) is -10.8. The van der Waals surface area contributed by atoms with Gasteiger partial charge in [-0.25, -0.2) is 0 Å². The molecule has 124 valence electrons. The maximum atomic E-state index is 12.1. The van der Waals surface area contributed by atoms with Gasteiger partial charge in [-0.1, -0.05) is 0 Å². The molecule has 11 heteroatoms. The van der Waals surface area contributed by atoms with E-state index in [4.69, 9.17) is 0 Å². The molecule has 0 fully saturated rings. The number of hydrogen-bond donors (Lipinski definition) is 0. The Bertz CT molecular complexity index is 523. The van der Waals surface area contributed by atoms with Crippen LogP contribution < -0.4 is 0 Å². The van der Waals surface area contributed by atoms with Crippen molar-refractivity contribution in [1.82, 2.24) is 0 Å². The second kappa shape index (κ2) is 6.71. The zero-order valence-corrected chi connectivity index (χ0v) is 12.7. The molecule has 0 saturated heterocycles. The summed E-state index contributed by atoms with van der Waals surface area (Å²) in [5.74, 6) is -5.43. The zero-order valence-electron chi connectivity index (χ0n) is 10.6. The summed E-state index contributed by atoms with van der Waals surface area (Å²) in [6, 6.07) is 4.99. The third kappa shape index (κ3) is 5.35. The van der Waals surface area contributed by atoms with Gasteiger partial charge < -0.3 is 0 Å². The molecule has 0 aliphatic rings. The third-order valence-corrected chi connectivity index (χ3v) is 5.27. The van der Waals surface area contributed by atoms with Gasteiger partial charge in [-0.05, 0) is 0 Å². The minimum absolute atomic E-state index is 0.204. The fourth-order valence-electron chi connectivity index (χ4n) is 0.956. The van der Waals surface area contributed by atoms with Crippen LogP contribution in [0.3, 0.4) is 0 Å². The van der Waals surface area contributed by atoms with Crippen molar-refractivity contribution in [2.45, 2.75) is 19.3 Å². The molecule has 1 aromatic rings. The number of rotatable bonds is 3. The molecule has 0 heterocycles. The van der Waals surface area contributed by atoms with Gasteiger partial charge in [0.1, 0.15) is 0 Å². The molecule has 0 aliphatic heterocycles. The van der Waals surface area contributed by atoms with Crippen LogP contribution in [0, 0.1) is 10.5 Å². The monoisotopic (exact) mass is 444 g/mol. The van der Waals surface area contributed by atoms with Crippen molar-refractivity contribution in [3.8, 4) is 0 Å². The van der Waals surface area contributed by atoms with Gasteiger partial charge in [0, 0.05) is 0 Å². The Balaban J connectivity index is 3.02. The van der Waals surface area contributed by atoms with Crippen LogP contribution in [0.25, 0.3) is 0 Å². The zero-order chi connectivity index (χ0) is 17.1. The quantitative estimate of drug-likeness (QED) is 0.527. The van der Waals surface area contributed by atoms with Crippen LogP contribution in [0.2, 0.25) is 0 Å². The molecule has 0 saturated carbocycles. The van der Waals surface area contributed by atoms with E-state index in [-0.39, 0.29) is 3.57 Å². The minimum atomic E-state index is -5.41. The van der Waals surface area contributed by atoms with Crippen molar-refractivity contribution in [2.24, 2.45) is 0 Å². The van der Waals surface area contributed by atoms with Gasteiger partial charge in [0.05, 0.1) is 0 Å². The van der Waals surface area contributed by atoms with Crippen molar-refractivity contribution < 1.29 is 42.1 Å². The van der Waals surface area contributed by atoms with Gasteiger partial charge in [-0.15, -0.1) is 0 Å². The molecule has 0 unspecified atom stereocenters. The van der Waals surface area contributed by atoms with Crippen molar-refractivity contribution in [2.75, 3.05) is 0 Å². The molecular weight excluding hydrogens is 437 g/mol. The van der Waals surface area contributed by atoms with Gasteiger partial charge in [-0.3, -0.25) is 0 Å². The molecular formula is C11H7F6IO4. The van der Waals surface area contributed by atoms with Gasteiger partial charge in [0.2, 0.25) is 0 Å². The van der Waals surface area contributed by atoms with Crippen molar-refractivity contribution in [1.29, 1.82) is 0 Å². The Morgan fingerprint density at radius 1 is 0.864 bits per heavy atom. The predicted molar refractivity (Wildman–Crippen MR) is 68.2 cm³/mol. The van der Waals surface area contributed by atoms with E-state index in [1.807, 2.05) is 0 Å². The molecule has 0 atom stereocenters. The van der Waals surface area contributed by atoms with Crippen LogP contribution in [0.15, 0.2) is 24.3 Å². The number of carbonyl (C=O) groups excluding carboxylic acids is 2. The molecule has 1 aromatic carbocycles. The standard InChI is InChI=1S/C11H7F6IO4/c1-6-2-4-7(5-3-6)18(21-8(19)10(12,13)14)22-9(20)11(15,16)17/h2-5H,1H3. The number of halogens is 7. The van der Waals surface area contributed by atoms with E-state index in [2.05, 4.69) is 6.13 Å². The average molecular weight is 444 g/mol. The normalized spacial score (nSPS) is 12.6. The molecule has 1 rings (SSSR count). The van der Waals surface area contributed by atoms with E-state index in [0.29, 0.717) is 5.56 Å². The summed E-state index contributed by atoms with van der Waals surface area (Å²) in [6.45, 7) is 1.62. The van der Waals surface area contributed by atoms with E-state index in [0.717, 1.165) is 12.1 Å². The predicted octanol–water partition coefficient (Wildman–Crippen LogP) is 3.71. The molecule has 0 amide bonds. The summed E-state index contributed by atoms with van der Waals surface area (Å²) >= 11 is -4.27. The number of carbonyl (C=O) groups is 2. The van der Waals surface area contributed by atoms with E-state index >= 15 is 0 Å². The Morgan fingerprint density at radius 2 is 1.23 bits per heavy atom. The SMILES string of the molecule is Cc1ccc(I(OC(=O)C(F)(F)F)OC(=O)C(F)(F)F)cc1. The van der Waals surface area contributed by atoms with E-state index in [1.54, 1.807) is 6.92 Å². The Hall–Kier alpha value is -1.53. The summed E-state index contributed by atoms with van der Waals surface area (Å²) in [7, 11) is 0. The van der Waals surface area contributed by atoms with Crippen LogP contribution in [0.5, 0.6) is 0 Å². The first kappa shape index (κ1) is 18.5. The summed E-state index contributed by atoms with van der Waals surface area (Å²) < 4.78 is 80.6. The second-order valence-corrected chi connectivity index (χ2v) is 7.10. The number of aryl methyl sites for hydroxylation is 1. The van der Waals surface area contributed by atoms with Gasteiger partial charge in [0.15, 0.2) is 0 Å². The molecule has 0 spiro atoms. The topological polar surface area (TPSA) is 52.6 Å². The van der Waals surface area contributed by atoms with Crippen LogP contribution in [-0.4, -0.2) is 24.3 Å². The van der Waals surface area contributed by atoms with Gasteiger partial charge in [-0.2, -0.15) is 0 Å². The first-order valence-corrected chi connectivity index (χ1v) is 8.11. The van der Waals surface area contributed by atoms with Gasteiger partial charge in [0.25, 0.3) is 0 Å². The van der Waals surface area contributed by atoms with Crippen LogP contribution in [0.4, 0.5) is 26.3 Å². The van der Waals surface area contributed by atoms with Crippen LogP contribution in [-0.2, 0) is 15.7 Å². The molecule has 4 nitrogen and oxygen atoms in total. The summed E-state index contributed by atoms with van der Waals surface area (Å²) in [5.41, 5.74) is 0.656.